The Labute approximate surface area is 181 Å². The van der Waals surface area contributed by atoms with E-state index in [9.17, 15) is 9.59 Å². The molecule has 4 rings (SSSR count). The lowest BCUT2D eigenvalue weighted by atomic mass is 10.2. The zero-order valence-corrected chi connectivity index (χ0v) is 18.1. The number of ether oxygens (including phenoxy) is 1. The van der Waals surface area contributed by atoms with E-state index in [1.807, 2.05) is 46.2 Å². The first-order chi connectivity index (χ1) is 14.6. The van der Waals surface area contributed by atoms with E-state index in [1.54, 1.807) is 13.3 Å². The molecule has 0 N–H and O–H groups in total. The van der Waals surface area contributed by atoms with Crippen LogP contribution in [0.5, 0.6) is 5.75 Å². The zero-order chi connectivity index (χ0) is 20.9. The van der Waals surface area contributed by atoms with Gasteiger partial charge in [-0.05, 0) is 55.5 Å². The minimum Gasteiger partial charge on any atom is -0.497 e. The number of nitrogens with zero attached hydrogens (tertiary/aromatic N) is 3. The second-order valence-corrected chi connectivity index (χ2v) is 8.77. The van der Waals surface area contributed by atoms with Crippen molar-refractivity contribution >= 4 is 23.6 Å². The van der Waals surface area contributed by atoms with E-state index in [1.165, 1.54) is 11.8 Å². The quantitative estimate of drug-likeness (QED) is 0.605. The van der Waals surface area contributed by atoms with Gasteiger partial charge in [-0.3, -0.25) is 9.59 Å². The highest BCUT2D eigenvalue weighted by Crippen LogP contribution is 2.30. The van der Waals surface area contributed by atoms with Crippen LogP contribution in [0.2, 0.25) is 0 Å². The van der Waals surface area contributed by atoms with Crippen molar-refractivity contribution in [3.8, 4) is 5.75 Å². The van der Waals surface area contributed by atoms with Crippen molar-refractivity contribution in [2.75, 3.05) is 26.0 Å². The Morgan fingerprint density at radius 1 is 1.13 bits per heavy atom. The third-order valence-corrected chi connectivity index (χ3v) is 6.47. The number of hydrogen-bond acceptors (Lipinski definition) is 5. The predicted octanol–water partition coefficient (Wildman–Crippen LogP) is 3.61. The number of thioether (sulfide) groups is 1. The summed E-state index contributed by atoms with van der Waals surface area (Å²) in [7, 11) is 1.65. The molecule has 2 fully saturated rings. The van der Waals surface area contributed by atoms with Crippen LogP contribution >= 0.6 is 11.8 Å². The lowest BCUT2D eigenvalue weighted by molar-refractivity contribution is -0.129. The van der Waals surface area contributed by atoms with E-state index < -0.39 is 0 Å². The summed E-state index contributed by atoms with van der Waals surface area (Å²) in [4.78, 5) is 33.5. The average molecular weight is 426 g/mol. The molecule has 0 bridgehead atoms. The van der Waals surface area contributed by atoms with Crippen LogP contribution in [0, 0.1) is 0 Å². The third kappa shape index (κ3) is 5.14. The van der Waals surface area contributed by atoms with E-state index in [0.717, 1.165) is 55.1 Å². The Hall–Kier alpha value is -2.54. The molecule has 1 saturated carbocycles. The van der Waals surface area contributed by atoms with Gasteiger partial charge in [-0.25, -0.2) is 4.98 Å². The summed E-state index contributed by atoms with van der Waals surface area (Å²) in [5.41, 5.74) is 1.72. The van der Waals surface area contributed by atoms with Crippen LogP contribution in [0.4, 0.5) is 0 Å². The van der Waals surface area contributed by atoms with Crippen molar-refractivity contribution in [3.63, 3.8) is 0 Å². The number of pyridine rings is 1. The predicted molar refractivity (Wildman–Crippen MR) is 117 cm³/mol. The highest BCUT2D eigenvalue weighted by Gasteiger charge is 2.32. The molecule has 1 aromatic carbocycles. The number of carbonyl (C=O) groups is 2. The highest BCUT2D eigenvalue weighted by atomic mass is 32.2. The van der Waals surface area contributed by atoms with Gasteiger partial charge in [-0.1, -0.05) is 23.9 Å². The fourth-order valence-electron chi connectivity index (χ4n) is 3.65. The van der Waals surface area contributed by atoms with Gasteiger partial charge in [0, 0.05) is 31.9 Å². The van der Waals surface area contributed by atoms with Gasteiger partial charge in [0.1, 0.15) is 5.75 Å². The van der Waals surface area contributed by atoms with Crippen LogP contribution in [0.1, 0.15) is 41.6 Å². The lowest BCUT2D eigenvalue weighted by Gasteiger charge is -2.22. The van der Waals surface area contributed by atoms with Crippen molar-refractivity contribution in [1.82, 2.24) is 14.8 Å². The Kier molecular flexibility index (Phi) is 6.57. The van der Waals surface area contributed by atoms with Crippen molar-refractivity contribution in [2.24, 2.45) is 0 Å². The Morgan fingerprint density at radius 3 is 2.47 bits per heavy atom. The fourth-order valence-corrected chi connectivity index (χ4v) is 4.38. The molecule has 0 atom stereocenters. The number of likely N-dealkylation sites (tertiary alicyclic amines) is 1. The van der Waals surface area contributed by atoms with Crippen molar-refractivity contribution in [2.45, 2.75) is 43.3 Å². The first-order valence-electron chi connectivity index (χ1n) is 10.4. The molecule has 1 aromatic heterocycles. The molecule has 0 unspecified atom stereocenters. The van der Waals surface area contributed by atoms with Crippen molar-refractivity contribution in [3.05, 3.63) is 53.7 Å². The number of carbonyl (C=O) groups excluding carboxylic acids is 2. The zero-order valence-electron chi connectivity index (χ0n) is 17.3. The van der Waals surface area contributed by atoms with Gasteiger partial charge in [0.25, 0.3) is 5.91 Å². The van der Waals surface area contributed by atoms with E-state index in [-0.39, 0.29) is 11.8 Å². The lowest BCUT2D eigenvalue weighted by Crippen LogP contribution is -2.34. The van der Waals surface area contributed by atoms with Gasteiger partial charge in [0.2, 0.25) is 5.91 Å². The minimum absolute atomic E-state index is 0.0482. The molecule has 30 heavy (non-hydrogen) atoms. The molecule has 0 radical (unpaired) electrons. The second kappa shape index (κ2) is 9.51. The van der Waals surface area contributed by atoms with Gasteiger partial charge in [0.15, 0.2) is 0 Å². The molecule has 1 aliphatic carbocycles. The Morgan fingerprint density at radius 2 is 1.87 bits per heavy atom. The Balaban J connectivity index is 1.32. The fraction of sp³-hybridized carbons (Fsp3) is 0.435. The number of benzene rings is 1. The average Bonchev–Trinajstić information content (AvgIpc) is 3.48. The molecule has 1 aliphatic heterocycles. The first kappa shape index (κ1) is 20.7. The summed E-state index contributed by atoms with van der Waals surface area (Å²) in [6.07, 6.45) is 5.91. The minimum atomic E-state index is 0.0482. The van der Waals surface area contributed by atoms with Crippen LogP contribution in [-0.2, 0) is 11.3 Å². The SMILES string of the molecule is COc1ccc(CN(C(=O)CSc2ccc(C(=O)N3CCCC3)cn2)C2CC2)cc1. The highest BCUT2D eigenvalue weighted by molar-refractivity contribution is 7.99. The number of methoxy groups -OCH3 is 1. The van der Waals surface area contributed by atoms with E-state index >= 15 is 0 Å². The second-order valence-electron chi connectivity index (χ2n) is 7.77. The van der Waals surface area contributed by atoms with Crippen molar-refractivity contribution < 1.29 is 14.3 Å². The molecule has 2 amide bonds. The summed E-state index contributed by atoms with van der Waals surface area (Å²) >= 11 is 1.42. The molecule has 6 nitrogen and oxygen atoms in total. The van der Waals surface area contributed by atoms with Gasteiger partial charge in [-0.2, -0.15) is 0 Å². The van der Waals surface area contributed by atoms with Crippen molar-refractivity contribution in [1.29, 1.82) is 0 Å². The maximum Gasteiger partial charge on any atom is 0.255 e. The van der Waals surface area contributed by atoms with Gasteiger partial charge >= 0.3 is 0 Å². The number of aromatic nitrogens is 1. The number of amides is 2. The van der Waals surface area contributed by atoms with E-state index in [2.05, 4.69) is 4.98 Å². The molecular formula is C23H27N3O3S. The normalized spacial score (nSPS) is 15.8. The maximum atomic E-state index is 12.9. The van der Waals surface area contributed by atoms with E-state index in [4.69, 9.17) is 4.74 Å². The van der Waals surface area contributed by atoms with Gasteiger partial charge < -0.3 is 14.5 Å². The van der Waals surface area contributed by atoms with Crippen LogP contribution in [0.3, 0.4) is 0 Å². The molecule has 158 valence electrons. The van der Waals surface area contributed by atoms with Gasteiger partial charge in [0.05, 0.1) is 23.5 Å². The standard InChI is InChI=1S/C23H27N3O3S/c1-29-20-9-4-17(5-10-20)15-26(19-7-8-19)22(27)16-30-21-11-6-18(14-24-21)23(28)25-12-2-3-13-25/h4-6,9-11,14,19H,2-3,7-8,12-13,15-16H2,1H3. The number of hydrogen-bond donors (Lipinski definition) is 0. The monoisotopic (exact) mass is 425 g/mol. The largest absolute Gasteiger partial charge is 0.497 e. The number of rotatable bonds is 8. The first-order valence-corrected chi connectivity index (χ1v) is 11.4. The molecule has 2 heterocycles. The smallest absolute Gasteiger partial charge is 0.255 e. The summed E-state index contributed by atoms with van der Waals surface area (Å²) in [6.45, 7) is 2.27. The molecule has 7 heteroatoms. The van der Waals surface area contributed by atoms with Crippen LogP contribution in [-0.4, -0.2) is 58.6 Å². The summed E-state index contributed by atoms with van der Waals surface area (Å²) < 4.78 is 5.21. The molecular weight excluding hydrogens is 398 g/mol. The topological polar surface area (TPSA) is 62.7 Å². The summed E-state index contributed by atoms with van der Waals surface area (Å²) in [6, 6.07) is 11.9. The maximum absolute atomic E-state index is 12.9. The Bertz CT molecular complexity index is 876. The van der Waals surface area contributed by atoms with E-state index in [0.29, 0.717) is 23.9 Å². The van der Waals surface area contributed by atoms with Crippen LogP contribution < -0.4 is 4.74 Å². The van der Waals surface area contributed by atoms with Crippen LogP contribution in [0.15, 0.2) is 47.6 Å². The summed E-state index contributed by atoms with van der Waals surface area (Å²) in [5.74, 6) is 1.33. The van der Waals surface area contributed by atoms with Crippen LogP contribution in [0.25, 0.3) is 0 Å². The third-order valence-electron chi connectivity index (χ3n) is 5.54. The summed E-state index contributed by atoms with van der Waals surface area (Å²) in [5, 5.41) is 0.765. The van der Waals surface area contributed by atoms with Gasteiger partial charge in [-0.15, -0.1) is 0 Å². The molecule has 2 aliphatic rings. The molecule has 2 aromatic rings. The molecule has 0 spiro atoms. The molecule has 1 saturated heterocycles.